The van der Waals surface area contributed by atoms with Gasteiger partial charge in [0.2, 0.25) is 43.5 Å². The van der Waals surface area contributed by atoms with Crippen molar-refractivity contribution in [2.45, 2.75) is 151 Å². The normalized spacial score (nSPS) is 24.7. The van der Waals surface area contributed by atoms with Gasteiger partial charge in [-0.25, -0.2) is 5.01 Å². The van der Waals surface area contributed by atoms with Crippen molar-refractivity contribution in [1.29, 1.82) is 0 Å². The van der Waals surface area contributed by atoms with Gasteiger partial charge in [0.25, 0.3) is 0 Å². The van der Waals surface area contributed by atoms with E-state index in [0.717, 1.165) is 6.92 Å². The SMILES string of the molecule is C/C(O)=C(\O)C(O)OC(CCO)/C(O)=C(/O)OC(CCN1CCN(N)CC1)/C(O)=C(\O)C(O)OC(CCO)/C(O)=C(\O)C(O)OC(CCO)/C(O)=C(/O)C(O)OC1C(CO)OC(OC(CCO)/C(O)=C(\O)C(O)OC(CCO)/C(O)=C(\O)C(O)OCCO)C(O)C1O. The lowest BCUT2D eigenvalue weighted by molar-refractivity contribution is -0.329. The highest BCUT2D eigenvalue weighted by atomic mass is 16.7. The molecule has 0 saturated carbocycles. The van der Waals surface area contributed by atoms with Crippen molar-refractivity contribution in [2.75, 3.05) is 85.6 Å². The van der Waals surface area contributed by atoms with Crippen LogP contribution in [0.4, 0.5) is 0 Å². The number of hydrazine groups is 1. The first-order chi connectivity index (χ1) is 43.3. The van der Waals surface area contributed by atoms with E-state index >= 15 is 0 Å². The van der Waals surface area contributed by atoms with Gasteiger partial charge in [-0.15, -0.1) is 0 Å². The Morgan fingerprint density at radius 2 is 0.793 bits per heavy atom. The summed E-state index contributed by atoms with van der Waals surface area (Å²) in [5.74, 6) is -13.7. The van der Waals surface area contributed by atoms with Crippen molar-refractivity contribution in [3.8, 4) is 0 Å². The van der Waals surface area contributed by atoms with E-state index < -0.39 is 277 Å². The van der Waals surface area contributed by atoms with E-state index in [1.807, 2.05) is 0 Å². The van der Waals surface area contributed by atoms with Gasteiger partial charge in [0.15, 0.2) is 75.7 Å². The number of hydrogen-bond acceptors (Lipinski definition) is 41. The fraction of sp³-hybridized carbons (Fsp3) is 0.725. The van der Waals surface area contributed by atoms with Gasteiger partial charge in [0.1, 0.15) is 60.7 Å². The first-order valence-corrected chi connectivity index (χ1v) is 27.9. The Hall–Kier alpha value is -5.86. The molecule has 0 aliphatic carbocycles. The number of nitrogens with two attached hydrogens (primary N) is 1. The third-order valence-electron chi connectivity index (χ3n) is 13.4. The molecule has 17 unspecified atom stereocenters. The molecule has 2 saturated heterocycles. The minimum Gasteiger partial charge on any atom is -0.509 e. The highest BCUT2D eigenvalue weighted by Crippen LogP contribution is 2.31. The van der Waals surface area contributed by atoms with Crippen LogP contribution >= 0.6 is 0 Å². The Morgan fingerprint density at radius 3 is 1.20 bits per heavy atom. The summed E-state index contributed by atoms with van der Waals surface area (Å²) in [5.41, 5.74) is 0. The lowest BCUT2D eigenvalue weighted by Crippen LogP contribution is -2.61. The van der Waals surface area contributed by atoms with Gasteiger partial charge in [-0.05, 0) is 6.92 Å². The molecule has 0 bridgehead atoms. The van der Waals surface area contributed by atoms with Crippen LogP contribution in [0.3, 0.4) is 0 Å². The minimum absolute atomic E-state index is 0.0241. The zero-order chi connectivity index (χ0) is 69.9. The van der Waals surface area contributed by atoms with Gasteiger partial charge in [0, 0.05) is 104 Å². The molecule has 17 atom stereocenters. The Labute approximate surface area is 522 Å². The molecule has 92 heavy (non-hydrogen) atoms. The molecule has 41 heteroatoms. The van der Waals surface area contributed by atoms with E-state index in [1.54, 1.807) is 4.90 Å². The lowest BCUT2D eigenvalue weighted by atomic mass is 9.98. The van der Waals surface area contributed by atoms with Gasteiger partial charge >= 0.3 is 5.95 Å². The number of aliphatic hydroxyl groups is 29. The molecule has 536 valence electrons. The Bertz CT molecular complexity index is 2410. The number of nitrogens with zero attached hydrogens (tertiary/aromatic N) is 2. The monoisotopic (exact) mass is 1350 g/mol. The summed E-state index contributed by atoms with van der Waals surface area (Å²) in [6.45, 7) is -4.53. The van der Waals surface area contributed by atoms with Crippen molar-refractivity contribution in [2.24, 2.45) is 5.84 Å². The summed E-state index contributed by atoms with van der Waals surface area (Å²) in [6, 6.07) is 0. The van der Waals surface area contributed by atoms with Gasteiger partial charge in [-0.1, -0.05) is 0 Å². The number of piperazine rings is 1. The van der Waals surface area contributed by atoms with E-state index in [0.29, 0.717) is 26.2 Å². The highest BCUT2D eigenvalue weighted by molar-refractivity contribution is 5.14. The first-order valence-electron chi connectivity index (χ1n) is 27.9. The molecule has 0 aromatic heterocycles. The average Bonchev–Trinajstić information content (AvgIpc) is 0.868. The van der Waals surface area contributed by atoms with Crippen LogP contribution < -0.4 is 5.84 Å². The van der Waals surface area contributed by atoms with Crippen molar-refractivity contribution in [3.05, 3.63) is 80.8 Å². The Kier molecular flexibility index (Phi) is 36.7. The topological polar surface area (TPSA) is 702 Å². The first kappa shape index (κ1) is 82.2. The predicted octanol–water partition coefficient (Wildman–Crippen LogP) is -5.89. The van der Waals surface area contributed by atoms with Crippen LogP contribution in [0.15, 0.2) is 80.8 Å². The maximum atomic E-state index is 11.2. The standard InChI is InChI=1S/C51H89N3O38/c1-21(62)29(63)45(78)89-27(7-17-59)35(69)46(79)85-22(2-8-53-9-11-54(52)12-10-53)30(64)38(72)47(80)87-24(4-14-56)32(66)39(73)48(81)88-25(5-15-57)33(67)41(75)50(83)92-43-28(20-61)91-51(42(76)36(43)70)90-26(6-16-58)34(68)40(74)49(82)86-23(3-13-55)31(65)37(71)44(77)84-19-18-60/h22-28,36,42-45,47-51,55-83H,2-20,52H2,1H3/b29-21+,37-31+,38-30+,39-32+,40-34+,41-33-,46-35+. The third-order valence-corrected chi connectivity index (χ3v) is 13.4. The summed E-state index contributed by atoms with van der Waals surface area (Å²) in [7, 11) is 0. The number of allylic oxidation sites excluding steroid dienone is 1. The van der Waals surface area contributed by atoms with Crippen LogP contribution in [0.25, 0.3) is 0 Å². The summed E-state index contributed by atoms with van der Waals surface area (Å²) < 4.78 is 46.3. The van der Waals surface area contributed by atoms with Crippen LogP contribution in [0.1, 0.15) is 45.4 Å². The molecule has 0 amide bonds. The predicted molar refractivity (Wildman–Crippen MR) is 298 cm³/mol. The van der Waals surface area contributed by atoms with Crippen LogP contribution in [0.2, 0.25) is 0 Å². The number of aliphatic hydroxyl groups excluding tert-OH is 29. The molecular formula is C51H89N3O38. The van der Waals surface area contributed by atoms with Crippen LogP contribution in [-0.2, 0) is 42.6 Å². The molecule has 2 heterocycles. The maximum absolute atomic E-state index is 11.2. The van der Waals surface area contributed by atoms with Crippen LogP contribution in [0.5, 0.6) is 0 Å². The van der Waals surface area contributed by atoms with Crippen molar-refractivity contribution < 1.29 is 191 Å². The molecule has 0 aromatic carbocycles. The third kappa shape index (κ3) is 24.5. The second-order valence-electron chi connectivity index (χ2n) is 20.0. The zero-order valence-corrected chi connectivity index (χ0v) is 49.4. The average molecular weight is 1350 g/mol. The largest absolute Gasteiger partial charge is 0.509 e. The lowest BCUT2D eigenvalue weighted by Gasteiger charge is -2.43. The van der Waals surface area contributed by atoms with E-state index in [-0.39, 0.29) is 6.54 Å². The summed E-state index contributed by atoms with van der Waals surface area (Å²) >= 11 is 0. The molecule has 0 aromatic rings. The van der Waals surface area contributed by atoms with E-state index in [4.69, 9.17) is 48.8 Å². The van der Waals surface area contributed by atoms with Crippen molar-refractivity contribution in [1.82, 2.24) is 9.91 Å². The molecule has 2 fully saturated rings. The second-order valence-corrected chi connectivity index (χ2v) is 20.0. The van der Waals surface area contributed by atoms with Crippen molar-refractivity contribution in [3.63, 3.8) is 0 Å². The van der Waals surface area contributed by atoms with Crippen LogP contribution in [-0.4, -0.2) is 349 Å². The maximum Gasteiger partial charge on any atom is 0.319 e. The fourth-order valence-electron chi connectivity index (χ4n) is 8.27. The fourth-order valence-corrected chi connectivity index (χ4v) is 8.27. The molecule has 41 nitrogen and oxygen atoms in total. The van der Waals surface area contributed by atoms with Gasteiger partial charge < -0.3 is 196 Å². The van der Waals surface area contributed by atoms with E-state index in [1.165, 1.54) is 5.01 Å². The van der Waals surface area contributed by atoms with Gasteiger partial charge in [-0.3, -0.25) is 5.84 Å². The zero-order valence-electron chi connectivity index (χ0n) is 49.4. The van der Waals surface area contributed by atoms with E-state index in [2.05, 4.69) is 4.74 Å². The Balaban J connectivity index is 2.41. The molecule has 2 rings (SSSR count). The van der Waals surface area contributed by atoms with E-state index in [9.17, 15) is 143 Å². The number of hydrogen-bond donors (Lipinski definition) is 30. The molecule has 0 radical (unpaired) electrons. The number of rotatable bonds is 43. The molecule has 31 N–H and O–H groups in total. The molecular weight excluding hydrogens is 1260 g/mol. The molecule has 2 aliphatic heterocycles. The minimum atomic E-state index is -2.87. The van der Waals surface area contributed by atoms with Crippen molar-refractivity contribution >= 4 is 0 Å². The summed E-state index contributed by atoms with van der Waals surface area (Å²) in [5, 5.41) is 303. The van der Waals surface area contributed by atoms with Gasteiger partial charge in [-0.2, -0.15) is 0 Å². The Morgan fingerprint density at radius 1 is 0.424 bits per heavy atom. The quantitative estimate of drug-likeness (QED) is 0.0154. The highest BCUT2D eigenvalue weighted by Gasteiger charge is 2.49. The summed E-state index contributed by atoms with van der Waals surface area (Å²) in [4.78, 5) is 1.77. The van der Waals surface area contributed by atoms with Gasteiger partial charge in [0.05, 0.1) is 19.8 Å². The summed E-state index contributed by atoms with van der Waals surface area (Å²) in [6.07, 6.45) is -43.2. The smallest absolute Gasteiger partial charge is 0.319 e. The van der Waals surface area contributed by atoms with Crippen LogP contribution in [0, 0.1) is 0 Å². The number of ether oxygens (including phenoxy) is 9. The molecule has 2 aliphatic rings. The second kappa shape index (κ2) is 41.1. The molecule has 0 spiro atoms.